The molecule has 0 saturated carbocycles. The average Bonchev–Trinajstić information content (AvgIpc) is 2.98. The van der Waals surface area contributed by atoms with Crippen molar-refractivity contribution in [1.82, 2.24) is 0 Å². The molecule has 4 aromatic carbocycles. The summed E-state index contributed by atoms with van der Waals surface area (Å²) < 4.78 is 159. The molecule has 21 nitrogen and oxygen atoms in total. The third-order valence-electron chi connectivity index (χ3n) is 6.32. The Labute approximate surface area is 396 Å². The van der Waals surface area contributed by atoms with Crippen molar-refractivity contribution >= 4 is 89.8 Å². The van der Waals surface area contributed by atoms with Crippen molar-refractivity contribution in [3.05, 3.63) is 60.7 Å². The molecule has 0 saturated heterocycles. The number of azo groups is 2. The number of nitrogens with zero attached hydrogens (tertiary/aromatic N) is 4. The van der Waals surface area contributed by atoms with Crippen LogP contribution in [-0.2, 0) is 54.8 Å². The second-order valence-corrected chi connectivity index (χ2v) is 17.1. The zero-order valence-electron chi connectivity index (χ0n) is 28.3. The minimum Gasteiger partial charge on any atom is -0.505 e. The minimum atomic E-state index is -5.30. The molecule has 0 fully saturated rings. The Hall–Kier alpha value is -0.510. The Balaban J connectivity index is 0.00000702. The van der Waals surface area contributed by atoms with E-state index in [0.717, 1.165) is 18.2 Å². The van der Waals surface area contributed by atoms with Gasteiger partial charge in [-0.1, -0.05) is 0 Å². The monoisotopic (exact) mass is 887 g/mol. The molecule has 268 valence electrons. The van der Waals surface area contributed by atoms with Crippen LogP contribution in [0.2, 0.25) is 0 Å². The number of benzene rings is 4. The van der Waals surface area contributed by atoms with E-state index in [1.807, 2.05) is 0 Å². The number of phenols is 1. The van der Waals surface area contributed by atoms with E-state index in [-0.39, 0.29) is 151 Å². The molecule has 4 rings (SSSR count). The third kappa shape index (κ3) is 13.8. The standard InChI is InChI=1S/C24H21N5O16S5.4Na/c25-18-7-6-16-17(22(18)28-26-13-1-3-14(4-2-13)46(31,32)10-9-45-50(42,43)44)12-21(49(39,40)41)23(24(16)30)29-27-19-11-15(47(33,34)35)5-8-20(19)48(36,37)38;;;;/h1-8,11-12,30H,9-10,25H2,(H,33,34,35)(H,36,37,38)(H,39,40,41)(H,42,43,44);;;;/q;4*+1. The van der Waals surface area contributed by atoms with Gasteiger partial charge in [0, 0.05) is 10.8 Å². The molecule has 0 aliphatic rings. The zero-order valence-corrected chi connectivity index (χ0v) is 40.4. The Bertz CT molecular complexity index is 2670. The normalized spacial score (nSPS) is 12.4. The van der Waals surface area contributed by atoms with Crippen LogP contribution in [0.15, 0.2) is 101 Å². The molecule has 0 radical (unpaired) electrons. The predicted molar refractivity (Wildman–Crippen MR) is 170 cm³/mol. The van der Waals surface area contributed by atoms with Crippen LogP contribution in [0.3, 0.4) is 0 Å². The van der Waals surface area contributed by atoms with E-state index in [2.05, 4.69) is 24.6 Å². The second kappa shape index (κ2) is 20.5. The summed E-state index contributed by atoms with van der Waals surface area (Å²) in [4.78, 5) is -3.35. The van der Waals surface area contributed by atoms with Crippen molar-refractivity contribution in [2.24, 2.45) is 20.5 Å². The van der Waals surface area contributed by atoms with Crippen LogP contribution in [0, 0.1) is 0 Å². The predicted octanol–water partition coefficient (Wildman–Crippen LogP) is -8.69. The fourth-order valence-electron chi connectivity index (χ4n) is 4.08. The molecule has 0 spiro atoms. The number of hydrogen-bond donors (Lipinski definition) is 6. The molecule has 0 aromatic heterocycles. The molecule has 4 aromatic rings. The van der Waals surface area contributed by atoms with Gasteiger partial charge in [0.2, 0.25) is 0 Å². The minimum absolute atomic E-state index is 0. The summed E-state index contributed by atoms with van der Waals surface area (Å²) in [6.45, 7) is -0.864. The summed E-state index contributed by atoms with van der Waals surface area (Å²) in [6, 6.07) is 9.26. The van der Waals surface area contributed by atoms with Crippen LogP contribution in [0.1, 0.15) is 0 Å². The van der Waals surface area contributed by atoms with Crippen molar-refractivity contribution < 1.29 is 188 Å². The summed E-state index contributed by atoms with van der Waals surface area (Å²) >= 11 is 0. The first kappa shape index (κ1) is 53.5. The maximum absolute atomic E-state index is 12.4. The van der Waals surface area contributed by atoms with Gasteiger partial charge in [0.25, 0.3) is 30.4 Å². The van der Waals surface area contributed by atoms with E-state index >= 15 is 0 Å². The number of sulfone groups is 1. The first-order chi connectivity index (χ1) is 22.9. The van der Waals surface area contributed by atoms with Gasteiger partial charge in [-0.3, -0.25) is 18.2 Å². The Morgan fingerprint density at radius 3 is 1.63 bits per heavy atom. The molecule has 7 N–H and O–H groups in total. The topological polar surface area (TPSA) is 357 Å². The third-order valence-corrected chi connectivity index (χ3v) is 11.1. The number of anilines is 1. The number of hydrogen-bond acceptors (Lipinski definition) is 17. The average molecular weight is 888 g/mol. The number of nitrogens with two attached hydrogens (primary N) is 1. The van der Waals surface area contributed by atoms with Crippen LogP contribution in [0.4, 0.5) is 28.4 Å². The van der Waals surface area contributed by atoms with Gasteiger partial charge in [0.1, 0.15) is 26.9 Å². The molecule has 0 aliphatic heterocycles. The van der Waals surface area contributed by atoms with Crippen molar-refractivity contribution in [2.75, 3.05) is 18.1 Å². The SMILES string of the molecule is Nc1ccc2c(O)c(N=Nc3cc(S(=O)(=O)O)ccc3S(=O)(=O)O)c(S(=O)(=O)O)cc2c1N=Nc1ccc(S(=O)(=O)CCOS(=O)(=O)O)cc1.[Na+].[Na+].[Na+].[Na+]. The van der Waals surface area contributed by atoms with Crippen LogP contribution in [0.25, 0.3) is 10.8 Å². The van der Waals surface area contributed by atoms with Crippen LogP contribution in [-0.4, -0.2) is 77.8 Å². The van der Waals surface area contributed by atoms with Crippen molar-refractivity contribution in [2.45, 2.75) is 19.6 Å². The van der Waals surface area contributed by atoms with Crippen molar-refractivity contribution in [3.8, 4) is 5.75 Å². The number of nitrogen functional groups attached to an aromatic ring is 1. The molecule has 0 unspecified atom stereocenters. The number of aromatic hydroxyl groups is 1. The van der Waals surface area contributed by atoms with Gasteiger partial charge in [-0.15, -0.1) is 15.3 Å². The van der Waals surface area contributed by atoms with Gasteiger partial charge in [-0.25, -0.2) is 12.6 Å². The van der Waals surface area contributed by atoms with Gasteiger partial charge in [-0.2, -0.15) is 38.8 Å². The van der Waals surface area contributed by atoms with E-state index in [4.69, 9.17) is 10.3 Å². The quantitative estimate of drug-likeness (QED) is 0.0333. The molecule has 0 heterocycles. The zero-order chi connectivity index (χ0) is 37.4. The van der Waals surface area contributed by atoms with Gasteiger partial charge < -0.3 is 10.8 Å². The summed E-state index contributed by atoms with van der Waals surface area (Å²) in [5, 5.41) is 25.4. The van der Waals surface area contributed by atoms with E-state index in [9.17, 15) is 60.9 Å². The van der Waals surface area contributed by atoms with Crippen LogP contribution >= 0.6 is 0 Å². The van der Waals surface area contributed by atoms with E-state index in [0.29, 0.717) is 18.2 Å². The van der Waals surface area contributed by atoms with Gasteiger partial charge in [0.05, 0.1) is 33.5 Å². The Kier molecular flexibility index (Phi) is 20.3. The number of fused-ring (bicyclic) bond motifs is 1. The molecule has 0 aliphatic carbocycles. The fourth-order valence-corrected chi connectivity index (χ4v) is 7.32. The van der Waals surface area contributed by atoms with E-state index in [1.165, 1.54) is 24.3 Å². The van der Waals surface area contributed by atoms with Crippen LogP contribution in [0.5, 0.6) is 5.75 Å². The van der Waals surface area contributed by atoms with E-state index in [1.54, 1.807) is 0 Å². The first-order valence-electron chi connectivity index (χ1n) is 12.8. The summed E-state index contributed by atoms with van der Waals surface area (Å²) in [6.07, 6.45) is 0. The smallest absolute Gasteiger partial charge is 0.505 e. The first-order valence-corrected chi connectivity index (χ1v) is 20.1. The van der Waals surface area contributed by atoms with Gasteiger partial charge in [0.15, 0.2) is 15.6 Å². The molecule has 0 atom stereocenters. The fraction of sp³-hybridized carbons (Fsp3) is 0.0833. The molecule has 54 heavy (non-hydrogen) atoms. The molecule has 0 bridgehead atoms. The summed E-state index contributed by atoms with van der Waals surface area (Å²) in [5.74, 6) is -1.80. The molecule has 0 amide bonds. The van der Waals surface area contributed by atoms with Crippen molar-refractivity contribution in [3.63, 3.8) is 0 Å². The Morgan fingerprint density at radius 1 is 0.574 bits per heavy atom. The summed E-state index contributed by atoms with van der Waals surface area (Å²) in [7, 11) is -24.3. The summed E-state index contributed by atoms with van der Waals surface area (Å²) in [5.41, 5.74) is 3.67. The van der Waals surface area contributed by atoms with Crippen molar-refractivity contribution in [1.29, 1.82) is 0 Å². The number of phenolic OH excluding ortho intramolecular Hbond substituents is 1. The van der Waals surface area contributed by atoms with Crippen LogP contribution < -0.4 is 124 Å². The largest absolute Gasteiger partial charge is 1.00 e. The maximum atomic E-state index is 12.4. The van der Waals surface area contributed by atoms with Gasteiger partial charge in [-0.05, 0) is 60.7 Å². The molecular weight excluding hydrogens is 867 g/mol. The maximum Gasteiger partial charge on any atom is 1.00 e. The molecular formula is C24H21N5Na4O16S5+4. The molecule has 30 heteroatoms. The number of rotatable bonds is 12. The van der Waals surface area contributed by atoms with Gasteiger partial charge >= 0.3 is 129 Å². The second-order valence-electron chi connectivity index (χ2n) is 9.69. The van der Waals surface area contributed by atoms with E-state index < -0.39 is 94.8 Å². The Morgan fingerprint density at radius 2 is 1.11 bits per heavy atom.